The van der Waals surface area contributed by atoms with Crippen molar-refractivity contribution in [3.05, 3.63) is 71.8 Å². The molecule has 2 atom stereocenters. The van der Waals surface area contributed by atoms with Crippen LogP contribution in [0.1, 0.15) is 50.7 Å². The molecule has 0 aromatic heterocycles. The third-order valence-electron chi connectivity index (χ3n) is 6.87. The number of carbonyl (C=O) groups excluding carboxylic acids is 2. The lowest BCUT2D eigenvalue weighted by Gasteiger charge is -2.22. The molecule has 234 valence electrons. The van der Waals surface area contributed by atoms with E-state index in [1.165, 1.54) is 0 Å². The molecule has 0 radical (unpaired) electrons. The second-order valence-corrected chi connectivity index (χ2v) is 10.2. The van der Waals surface area contributed by atoms with Gasteiger partial charge in [-0.25, -0.2) is 9.59 Å². The Bertz CT molecular complexity index is 902. The van der Waals surface area contributed by atoms with Crippen LogP contribution in [0, 0.1) is 0 Å². The standard InChI is InChI=1S/C32H50N4O6/c1-3-35(31(39)41-25-27-13-7-5-8-14-27)21-17-29(37)23-33-19-11-12-20-34-24-30(38)18-22-36(4-2)32(40)42-26-28-15-9-6-10-16-28/h5-10,13-16,29-30,33-34,37-38H,3-4,11-12,17-26H2,1-2H3/t29-,30-/m0/s1. The van der Waals surface area contributed by atoms with Crippen molar-refractivity contribution in [2.75, 3.05) is 52.4 Å². The number of unbranched alkanes of at least 4 members (excludes halogenated alkanes) is 1. The fourth-order valence-electron chi connectivity index (χ4n) is 4.23. The van der Waals surface area contributed by atoms with E-state index in [2.05, 4.69) is 10.6 Å². The van der Waals surface area contributed by atoms with Gasteiger partial charge in [0.15, 0.2) is 0 Å². The number of nitrogens with zero attached hydrogens (tertiary/aromatic N) is 2. The number of carbonyl (C=O) groups is 2. The maximum atomic E-state index is 12.3. The second-order valence-electron chi connectivity index (χ2n) is 10.2. The number of amides is 2. The van der Waals surface area contributed by atoms with Crippen LogP contribution in [0.15, 0.2) is 60.7 Å². The Balaban J connectivity index is 1.46. The molecule has 0 unspecified atom stereocenters. The van der Waals surface area contributed by atoms with Gasteiger partial charge in [-0.15, -0.1) is 0 Å². The normalized spacial score (nSPS) is 12.4. The van der Waals surface area contributed by atoms with E-state index in [0.717, 1.165) is 37.1 Å². The number of benzene rings is 2. The maximum Gasteiger partial charge on any atom is 0.410 e. The first-order valence-electron chi connectivity index (χ1n) is 15.1. The molecule has 2 amide bonds. The summed E-state index contributed by atoms with van der Waals surface area (Å²) >= 11 is 0. The number of nitrogens with one attached hydrogen (secondary N) is 2. The number of hydrogen-bond donors (Lipinski definition) is 4. The molecule has 2 aromatic carbocycles. The van der Waals surface area contributed by atoms with Gasteiger partial charge in [0.1, 0.15) is 13.2 Å². The smallest absolute Gasteiger partial charge is 0.410 e. The Morgan fingerprint density at radius 3 is 1.43 bits per heavy atom. The fourth-order valence-corrected chi connectivity index (χ4v) is 4.23. The Morgan fingerprint density at radius 1 is 0.690 bits per heavy atom. The molecule has 10 nitrogen and oxygen atoms in total. The van der Waals surface area contributed by atoms with Crippen LogP contribution in [0.25, 0.3) is 0 Å². The molecule has 10 heteroatoms. The molecule has 0 saturated carbocycles. The average molecular weight is 587 g/mol. The van der Waals surface area contributed by atoms with Crippen molar-refractivity contribution in [1.29, 1.82) is 0 Å². The summed E-state index contributed by atoms with van der Waals surface area (Å²) < 4.78 is 10.8. The topological polar surface area (TPSA) is 124 Å². The molecule has 0 bridgehead atoms. The van der Waals surface area contributed by atoms with E-state index in [-0.39, 0.29) is 25.4 Å². The number of hydrogen-bond acceptors (Lipinski definition) is 8. The SMILES string of the molecule is CCN(CC[C@H](O)CNCCCCNC[C@@H](O)CCN(CC)C(=O)OCc1ccccc1)C(=O)OCc1ccccc1. The zero-order valence-electron chi connectivity index (χ0n) is 25.2. The Hall–Kier alpha value is -3.18. The molecule has 0 aliphatic rings. The summed E-state index contributed by atoms with van der Waals surface area (Å²) in [6, 6.07) is 19.1. The van der Waals surface area contributed by atoms with Crippen LogP contribution in [0.3, 0.4) is 0 Å². The third kappa shape index (κ3) is 15.2. The Morgan fingerprint density at radius 2 is 1.07 bits per heavy atom. The van der Waals surface area contributed by atoms with E-state index in [4.69, 9.17) is 9.47 Å². The van der Waals surface area contributed by atoms with E-state index < -0.39 is 12.2 Å². The first kappa shape index (κ1) is 35.0. The highest BCUT2D eigenvalue weighted by atomic mass is 16.6. The van der Waals surface area contributed by atoms with Crippen LogP contribution in [-0.2, 0) is 22.7 Å². The first-order chi connectivity index (χ1) is 20.4. The summed E-state index contributed by atoms with van der Waals surface area (Å²) in [4.78, 5) is 27.9. The van der Waals surface area contributed by atoms with Crippen molar-refractivity contribution in [3.63, 3.8) is 0 Å². The molecular weight excluding hydrogens is 536 g/mol. The summed E-state index contributed by atoms with van der Waals surface area (Å²) in [5.74, 6) is 0. The summed E-state index contributed by atoms with van der Waals surface area (Å²) in [5, 5.41) is 27.1. The van der Waals surface area contributed by atoms with Crippen LogP contribution in [0.2, 0.25) is 0 Å². The minimum atomic E-state index is -0.549. The van der Waals surface area contributed by atoms with Gasteiger partial charge in [-0.05, 0) is 63.7 Å². The molecule has 2 rings (SSSR count). The van der Waals surface area contributed by atoms with Crippen molar-refractivity contribution in [3.8, 4) is 0 Å². The van der Waals surface area contributed by atoms with Gasteiger partial charge in [0.25, 0.3) is 0 Å². The van der Waals surface area contributed by atoms with Crippen LogP contribution in [-0.4, -0.2) is 96.8 Å². The van der Waals surface area contributed by atoms with Crippen molar-refractivity contribution in [2.24, 2.45) is 0 Å². The highest BCUT2D eigenvalue weighted by molar-refractivity contribution is 5.68. The maximum absolute atomic E-state index is 12.3. The molecule has 2 aromatic rings. The molecule has 4 N–H and O–H groups in total. The quantitative estimate of drug-likeness (QED) is 0.163. The fraction of sp³-hybridized carbons (Fsp3) is 0.562. The van der Waals surface area contributed by atoms with E-state index in [9.17, 15) is 19.8 Å². The molecule has 0 aliphatic carbocycles. The van der Waals surface area contributed by atoms with Gasteiger partial charge < -0.3 is 40.1 Å². The van der Waals surface area contributed by atoms with Crippen LogP contribution < -0.4 is 10.6 Å². The van der Waals surface area contributed by atoms with Gasteiger partial charge in [-0.3, -0.25) is 0 Å². The van der Waals surface area contributed by atoms with Crippen molar-refractivity contribution >= 4 is 12.2 Å². The average Bonchev–Trinajstić information content (AvgIpc) is 3.01. The second kappa shape index (κ2) is 21.5. The van der Waals surface area contributed by atoms with Crippen LogP contribution >= 0.6 is 0 Å². The van der Waals surface area contributed by atoms with Crippen LogP contribution in [0.5, 0.6) is 0 Å². The molecule has 0 fully saturated rings. The lowest BCUT2D eigenvalue weighted by molar-refractivity contribution is 0.0869. The van der Waals surface area contributed by atoms with E-state index >= 15 is 0 Å². The predicted molar refractivity (Wildman–Crippen MR) is 164 cm³/mol. The lowest BCUT2D eigenvalue weighted by atomic mass is 10.2. The van der Waals surface area contributed by atoms with E-state index in [1.807, 2.05) is 74.5 Å². The summed E-state index contributed by atoms with van der Waals surface area (Å²) in [5.41, 5.74) is 1.88. The predicted octanol–water partition coefficient (Wildman–Crippen LogP) is 3.77. The highest BCUT2D eigenvalue weighted by Crippen LogP contribution is 2.06. The van der Waals surface area contributed by atoms with Crippen molar-refractivity contribution in [2.45, 2.75) is 65.0 Å². The van der Waals surface area contributed by atoms with Gasteiger partial charge in [0, 0.05) is 39.3 Å². The number of rotatable bonds is 21. The van der Waals surface area contributed by atoms with Gasteiger partial charge >= 0.3 is 12.2 Å². The van der Waals surface area contributed by atoms with Crippen molar-refractivity contribution < 1.29 is 29.3 Å². The highest BCUT2D eigenvalue weighted by Gasteiger charge is 2.16. The third-order valence-corrected chi connectivity index (χ3v) is 6.87. The molecular formula is C32H50N4O6. The number of aliphatic hydroxyl groups excluding tert-OH is 2. The minimum absolute atomic E-state index is 0.234. The molecule has 0 aliphatic heterocycles. The molecule has 0 spiro atoms. The lowest BCUT2D eigenvalue weighted by Crippen LogP contribution is -2.36. The summed E-state index contributed by atoms with van der Waals surface area (Å²) in [6.07, 6.45) is 0.965. The zero-order valence-corrected chi connectivity index (χ0v) is 25.2. The Labute approximate surface area is 251 Å². The largest absolute Gasteiger partial charge is 0.445 e. The molecule has 0 saturated heterocycles. The zero-order chi connectivity index (χ0) is 30.4. The van der Waals surface area contributed by atoms with Gasteiger partial charge in [-0.2, -0.15) is 0 Å². The van der Waals surface area contributed by atoms with Gasteiger partial charge in [-0.1, -0.05) is 60.7 Å². The number of aliphatic hydroxyl groups is 2. The molecule has 42 heavy (non-hydrogen) atoms. The van der Waals surface area contributed by atoms with Crippen LogP contribution in [0.4, 0.5) is 9.59 Å². The first-order valence-corrected chi connectivity index (χ1v) is 15.1. The summed E-state index contributed by atoms with van der Waals surface area (Å²) in [7, 11) is 0. The minimum Gasteiger partial charge on any atom is -0.445 e. The van der Waals surface area contributed by atoms with Gasteiger partial charge in [0.2, 0.25) is 0 Å². The van der Waals surface area contributed by atoms with E-state index in [0.29, 0.717) is 52.1 Å². The number of ether oxygens (including phenoxy) is 2. The van der Waals surface area contributed by atoms with E-state index in [1.54, 1.807) is 9.80 Å². The van der Waals surface area contributed by atoms with Crippen molar-refractivity contribution in [1.82, 2.24) is 20.4 Å². The molecule has 0 heterocycles. The Kier molecular flexibility index (Phi) is 17.9. The summed E-state index contributed by atoms with van der Waals surface area (Å²) in [6.45, 7) is 8.64. The monoisotopic (exact) mass is 586 g/mol. The van der Waals surface area contributed by atoms with Gasteiger partial charge in [0.05, 0.1) is 12.2 Å².